The number of fused-ring (bicyclic) bond motifs is 3. The third-order valence-corrected chi connectivity index (χ3v) is 3.70. The average Bonchev–Trinajstić information content (AvgIpc) is 2.37. The van der Waals surface area contributed by atoms with Crippen LogP contribution in [-0.4, -0.2) is 9.79 Å². The second kappa shape index (κ2) is 4.62. The van der Waals surface area contributed by atoms with Crippen molar-refractivity contribution in [2.45, 2.75) is 0 Å². The zero-order valence-corrected chi connectivity index (χ0v) is 11.6. The Labute approximate surface area is 115 Å². The minimum absolute atomic E-state index is 0.384. The van der Waals surface area contributed by atoms with Gasteiger partial charge in [0.2, 0.25) is 0 Å². The van der Waals surface area contributed by atoms with E-state index < -0.39 is 7.30 Å². The molecule has 0 radical (unpaired) electrons. The van der Waals surface area contributed by atoms with Gasteiger partial charge < -0.3 is 0 Å². The molecule has 3 aromatic carbocycles. The van der Waals surface area contributed by atoms with Crippen molar-refractivity contribution in [2.24, 2.45) is 0 Å². The number of hydrogen-bond donors (Lipinski definition) is 2. The van der Waals surface area contributed by atoms with Crippen LogP contribution in [0, 0.1) is 0 Å². The summed E-state index contributed by atoms with van der Waals surface area (Å²) in [6, 6.07) is 17.3. The molecule has 3 aromatic rings. The molecular formula is C14H12ClO3P. The Morgan fingerprint density at radius 2 is 1.53 bits per heavy atom. The first-order chi connectivity index (χ1) is 9.04. The normalized spacial score (nSPS) is 12.8. The third-order valence-electron chi connectivity index (χ3n) is 2.99. The van der Waals surface area contributed by atoms with E-state index in [9.17, 15) is 9.79 Å². The van der Waals surface area contributed by atoms with E-state index in [-0.39, 0.29) is 0 Å². The Bertz CT molecular complexity index is 752. The predicted molar refractivity (Wildman–Crippen MR) is 80.7 cm³/mol. The van der Waals surface area contributed by atoms with Crippen LogP contribution in [0.25, 0.3) is 21.5 Å². The van der Waals surface area contributed by atoms with Crippen LogP contribution in [-0.2, 0) is 0 Å². The number of benzene rings is 3. The maximum absolute atomic E-state index is 9.28. The fourth-order valence-corrected chi connectivity index (χ4v) is 2.95. The van der Waals surface area contributed by atoms with Gasteiger partial charge in [0.05, 0.1) is 0 Å². The van der Waals surface area contributed by atoms with E-state index in [0.29, 0.717) is 5.75 Å². The summed E-state index contributed by atoms with van der Waals surface area (Å²) in [6.45, 7) is 0. The summed E-state index contributed by atoms with van der Waals surface area (Å²) in [7, 11) is -4.11. The molecule has 2 N–H and O–H groups in total. The quantitative estimate of drug-likeness (QED) is 0.555. The van der Waals surface area contributed by atoms with E-state index >= 15 is 0 Å². The Morgan fingerprint density at radius 1 is 0.789 bits per heavy atom. The summed E-state index contributed by atoms with van der Waals surface area (Å²) < 4.78 is 5.08. The van der Waals surface area contributed by atoms with Gasteiger partial charge >= 0.3 is 115 Å². The number of halogens is 1. The van der Waals surface area contributed by atoms with Crippen LogP contribution in [0.3, 0.4) is 0 Å². The summed E-state index contributed by atoms with van der Waals surface area (Å²) in [6.07, 6.45) is 0. The van der Waals surface area contributed by atoms with Gasteiger partial charge in [0.15, 0.2) is 0 Å². The summed E-state index contributed by atoms with van der Waals surface area (Å²) in [5, 5.41) is 4.00. The van der Waals surface area contributed by atoms with Gasteiger partial charge in [-0.3, -0.25) is 0 Å². The molecule has 98 valence electrons. The van der Waals surface area contributed by atoms with E-state index in [0.717, 1.165) is 21.5 Å². The van der Waals surface area contributed by atoms with Crippen LogP contribution in [0.1, 0.15) is 0 Å². The Balaban J connectivity index is 2.29. The van der Waals surface area contributed by atoms with Crippen LogP contribution < -0.4 is 4.52 Å². The summed E-state index contributed by atoms with van der Waals surface area (Å²) in [5.41, 5.74) is 0. The van der Waals surface area contributed by atoms with Crippen molar-refractivity contribution >= 4 is 40.1 Å². The Kier molecular flexibility index (Phi) is 3.08. The molecule has 0 aromatic heterocycles. The topological polar surface area (TPSA) is 49.7 Å². The van der Waals surface area contributed by atoms with Gasteiger partial charge in [-0.2, -0.15) is 0 Å². The van der Waals surface area contributed by atoms with Gasteiger partial charge in [-0.25, -0.2) is 0 Å². The first kappa shape index (κ1) is 12.6. The third kappa shape index (κ3) is 2.51. The molecule has 0 aliphatic carbocycles. The fourth-order valence-electron chi connectivity index (χ4n) is 2.24. The van der Waals surface area contributed by atoms with Gasteiger partial charge in [-0.15, -0.1) is 0 Å². The second-order valence-electron chi connectivity index (χ2n) is 4.27. The molecule has 3 nitrogen and oxygen atoms in total. The van der Waals surface area contributed by atoms with Crippen molar-refractivity contribution in [1.82, 2.24) is 0 Å². The monoisotopic (exact) mass is 294 g/mol. The van der Waals surface area contributed by atoms with Gasteiger partial charge in [0.25, 0.3) is 0 Å². The van der Waals surface area contributed by atoms with Gasteiger partial charge in [-0.05, 0) is 0 Å². The summed E-state index contributed by atoms with van der Waals surface area (Å²) >= 11 is 5.41. The molecule has 0 saturated heterocycles. The molecule has 0 atom stereocenters. The van der Waals surface area contributed by atoms with Gasteiger partial charge in [-0.1, -0.05) is 0 Å². The van der Waals surface area contributed by atoms with Crippen molar-refractivity contribution in [3.05, 3.63) is 54.6 Å². The molecule has 0 spiro atoms. The number of rotatable bonds is 2. The molecule has 5 heteroatoms. The van der Waals surface area contributed by atoms with E-state index in [1.165, 1.54) is 0 Å². The van der Waals surface area contributed by atoms with E-state index in [1.807, 2.05) is 42.5 Å². The molecule has 0 unspecified atom stereocenters. The van der Waals surface area contributed by atoms with E-state index in [4.69, 9.17) is 15.8 Å². The molecule has 0 heterocycles. The minimum atomic E-state index is -4.11. The first-order valence-electron chi connectivity index (χ1n) is 5.78. The molecule has 0 bridgehead atoms. The molecule has 0 saturated carbocycles. The van der Waals surface area contributed by atoms with Crippen molar-refractivity contribution in [3.8, 4) is 5.75 Å². The molecular weight excluding hydrogens is 283 g/mol. The van der Waals surface area contributed by atoms with Crippen LogP contribution in [0.5, 0.6) is 5.75 Å². The summed E-state index contributed by atoms with van der Waals surface area (Å²) in [5.74, 6) is 0.384. The molecule has 0 aliphatic heterocycles. The van der Waals surface area contributed by atoms with Crippen molar-refractivity contribution in [3.63, 3.8) is 0 Å². The molecule has 19 heavy (non-hydrogen) atoms. The number of hydrogen-bond acceptors (Lipinski definition) is 3. The van der Waals surface area contributed by atoms with E-state index in [2.05, 4.69) is 0 Å². The Morgan fingerprint density at radius 3 is 2.32 bits per heavy atom. The van der Waals surface area contributed by atoms with Crippen LogP contribution >= 0.6 is 18.5 Å². The molecule has 3 rings (SSSR count). The van der Waals surface area contributed by atoms with Crippen LogP contribution in [0.4, 0.5) is 0 Å². The maximum atomic E-state index is 9.28. The van der Waals surface area contributed by atoms with Crippen molar-refractivity contribution < 1.29 is 14.3 Å². The molecule has 0 fully saturated rings. The van der Waals surface area contributed by atoms with Crippen molar-refractivity contribution in [1.29, 1.82) is 0 Å². The first-order valence-corrected chi connectivity index (χ1v) is 8.59. The zero-order valence-electron chi connectivity index (χ0n) is 9.88. The summed E-state index contributed by atoms with van der Waals surface area (Å²) in [4.78, 5) is 18.6. The SMILES string of the molecule is O[PH](O)(Cl)Oc1cccc2c1ccc1ccccc12. The zero-order chi connectivity index (χ0) is 13.5. The molecule has 0 aliphatic rings. The second-order valence-corrected chi connectivity index (χ2v) is 7.01. The molecule has 0 amide bonds. The average molecular weight is 295 g/mol. The fraction of sp³-hybridized carbons (Fsp3) is 0. The Hall–Kier alpha value is -1.38. The van der Waals surface area contributed by atoms with Crippen LogP contribution in [0.15, 0.2) is 54.6 Å². The van der Waals surface area contributed by atoms with Crippen molar-refractivity contribution in [2.75, 3.05) is 0 Å². The van der Waals surface area contributed by atoms with Crippen LogP contribution in [0.2, 0.25) is 0 Å². The van der Waals surface area contributed by atoms with Gasteiger partial charge in [0, 0.05) is 0 Å². The van der Waals surface area contributed by atoms with E-state index in [1.54, 1.807) is 12.1 Å². The predicted octanol–water partition coefficient (Wildman–Crippen LogP) is 4.01. The van der Waals surface area contributed by atoms with Gasteiger partial charge in [0.1, 0.15) is 0 Å². The standard InChI is InChI=1S/C14H12ClO3P/c15-19(16,17)18-14-7-3-6-12-11-5-2-1-4-10(11)8-9-13(12)14/h1-9,16-17,19H.